The van der Waals surface area contributed by atoms with Gasteiger partial charge in [-0.1, -0.05) is 41.7 Å². The van der Waals surface area contributed by atoms with Crippen molar-refractivity contribution in [3.8, 4) is 22.1 Å². The van der Waals surface area contributed by atoms with Gasteiger partial charge in [0.15, 0.2) is 10.8 Å². The van der Waals surface area contributed by atoms with Crippen LogP contribution in [0.15, 0.2) is 48.5 Å². The number of aryl methyl sites for hydroxylation is 2. The summed E-state index contributed by atoms with van der Waals surface area (Å²) < 4.78 is 12.6. The Kier molecular flexibility index (Phi) is 4.53. The van der Waals surface area contributed by atoms with Gasteiger partial charge < -0.3 is 9.47 Å². The Morgan fingerprint density at radius 3 is 2.58 bits per heavy atom. The summed E-state index contributed by atoms with van der Waals surface area (Å²) in [5, 5.41) is 14.1. The standard InChI is InChI=1S/C19H18N4O2S/c1-24-14-9-10-15(16(12-14)25-2)18-22-23-17(20-21-19(23)26-18)11-8-13-6-4-3-5-7-13/h3-7,9-10,12H,8,11H2,1-2H3. The van der Waals surface area contributed by atoms with E-state index >= 15 is 0 Å². The summed E-state index contributed by atoms with van der Waals surface area (Å²) in [7, 11) is 3.28. The molecule has 0 bridgehead atoms. The molecule has 2 aromatic heterocycles. The Bertz CT molecular complexity index is 1030. The van der Waals surface area contributed by atoms with Crippen molar-refractivity contribution in [2.24, 2.45) is 0 Å². The van der Waals surface area contributed by atoms with Gasteiger partial charge in [0.2, 0.25) is 4.96 Å². The third-order valence-electron chi connectivity index (χ3n) is 4.17. The second-order valence-corrected chi connectivity index (χ2v) is 6.73. The highest BCUT2D eigenvalue weighted by atomic mass is 32.1. The van der Waals surface area contributed by atoms with Gasteiger partial charge in [-0.2, -0.15) is 9.61 Å². The van der Waals surface area contributed by atoms with E-state index in [2.05, 4.69) is 22.3 Å². The van der Waals surface area contributed by atoms with Crippen LogP contribution in [-0.4, -0.2) is 34.0 Å². The molecule has 2 aromatic carbocycles. The number of benzene rings is 2. The van der Waals surface area contributed by atoms with Crippen LogP contribution >= 0.6 is 11.3 Å². The summed E-state index contributed by atoms with van der Waals surface area (Å²) in [6.45, 7) is 0. The highest BCUT2D eigenvalue weighted by molar-refractivity contribution is 7.19. The highest BCUT2D eigenvalue weighted by Crippen LogP contribution is 2.35. The fourth-order valence-electron chi connectivity index (χ4n) is 2.80. The van der Waals surface area contributed by atoms with E-state index in [1.807, 2.05) is 40.9 Å². The minimum atomic E-state index is 0.722. The molecule has 0 saturated carbocycles. The van der Waals surface area contributed by atoms with Crippen molar-refractivity contribution in [2.75, 3.05) is 14.2 Å². The minimum Gasteiger partial charge on any atom is -0.497 e. The first-order valence-electron chi connectivity index (χ1n) is 8.26. The maximum Gasteiger partial charge on any atom is 0.234 e. The van der Waals surface area contributed by atoms with Crippen LogP contribution < -0.4 is 9.47 Å². The average Bonchev–Trinajstić information content (AvgIpc) is 3.27. The topological polar surface area (TPSA) is 61.5 Å². The van der Waals surface area contributed by atoms with E-state index in [4.69, 9.17) is 14.6 Å². The van der Waals surface area contributed by atoms with Gasteiger partial charge in [0.05, 0.1) is 19.8 Å². The van der Waals surface area contributed by atoms with Crippen molar-refractivity contribution in [2.45, 2.75) is 12.8 Å². The Morgan fingerprint density at radius 2 is 1.81 bits per heavy atom. The van der Waals surface area contributed by atoms with Crippen molar-refractivity contribution in [3.05, 3.63) is 59.9 Å². The molecule has 0 aliphatic heterocycles. The van der Waals surface area contributed by atoms with Gasteiger partial charge in [0, 0.05) is 12.5 Å². The van der Waals surface area contributed by atoms with Gasteiger partial charge in [-0.3, -0.25) is 0 Å². The molecule has 6 nitrogen and oxygen atoms in total. The van der Waals surface area contributed by atoms with Crippen LogP contribution in [-0.2, 0) is 12.8 Å². The molecule has 0 spiro atoms. The number of nitrogens with zero attached hydrogens (tertiary/aromatic N) is 4. The van der Waals surface area contributed by atoms with Gasteiger partial charge >= 0.3 is 0 Å². The minimum absolute atomic E-state index is 0.722. The lowest BCUT2D eigenvalue weighted by Gasteiger charge is -2.07. The molecule has 0 amide bonds. The van der Waals surface area contributed by atoms with E-state index in [0.29, 0.717) is 0 Å². The fraction of sp³-hybridized carbons (Fsp3) is 0.211. The zero-order valence-electron chi connectivity index (χ0n) is 14.5. The van der Waals surface area contributed by atoms with Crippen LogP contribution in [0, 0.1) is 0 Å². The zero-order chi connectivity index (χ0) is 17.9. The predicted octanol–water partition coefficient (Wildman–Crippen LogP) is 3.66. The molecule has 0 atom stereocenters. The molecule has 0 saturated heterocycles. The van der Waals surface area contributed by atoms with Crippen LogP contribution in [0.25, 0.3) is 15.5 Å². The molecule has 0 unspecified atom stereocenters. The lowest BCUT2D eigenvalue weighted by molar-refractivity contribution is 0.395. The van der Waals surface area contributed by atoms with Crippen LogP contribution in [0.4, 0.5) is 0 Å². The van der Waals surface area contributed by atoms with Gasteiger partial charge in [-0.05, 0) is 24.1 Å². The smallest absolute Gasteiger partial charge is 0.234 e. The molecule has 4 aromatic rings. The zero-order valence-corrected chi connectivity index (χ0v) is 15.4. The van der Waals surface area contributed by atoms with Crippen LogP contribution in [0.3, 0.4) is 0 Å². The molecule has 4 rings (SSSR count). The molecule has 0 fully saturated rings. The summed E-state index contributed by atoms with van der Waals surface area (Å²) in [5.41, 5.74) is 2.19. The van der Waals surface area contributed by atoms with E-state index < -0.39 is 0 Å². The number of hydrogen-bond donors (Lipinski definition) is 0. The second kappa shape index (κ2) is 7.13. The SMILES string of the molecule is COc1ccc(-c2nn3c(CCc4ccccc4)nnc3s2)c(OC)c1. The molecule has 2 heterocycles. The first kappa shape index (κ1) is 16.5. The lowest BCUT2D eigenvalue weighted by Crippen LogP contribution is -1.99. The maximum absolute atomic E-state index is 5.49. The third-order valence-corrected chi connectivity index (χ3v) is 5.11. The van der Waals surface area contributed by atoms with Gasteiger partial charge in [-0.25, -0.2) is 0 Å². The first-order chi connectivity index (χ1) is 12.8. The Hall–Kier alpha value is -2.93. The van der Waals surface area contributed by atoms with Gasteiger partial charge in [0.1, 0.15) is 11.5 Å². The molecule has 26 heavy (non-hydrogen) atoms. The third kappa shape index (κ3) is 3.13. The average molecular weight is 366 g/mol. The van der Waals surface area contributed by atoms with E-state index in [1.54, 1.807) is 14.2 Å². The van der Waals surface area contributed by atoms with Crippen molar-refractivity contribution in [1.82, 2.24) is 19.8 Å². The first-order valence-corrected chi connectivity index (χ1v) is 9.07. The lowest BCUT2D eigenvalue weighted by atomic mass is 10.1. The Balaban J connectivity index is 1.64. The molecule has 0 N–H and O–H groups in total. The van der Waals surface area contributed by atoms with E-state index in [9.17, 15) is 0 Å². The number of rotatable bonds is 6. The molecular formula is C19H18N4O2S. The van der Waals surface area contributed by atoms with Crippen molar-refractivity contribution < 1.29 is 9.47 Å². The maximum atomic E-state index is 5.49. The number of fused-ring (bicyclic) bond motifs is 1. The molecule has 0 radical (unpaired) electrons. The predicted molar refractivity (Wildman–Crippen MR) is 101 cm³/mol. The van der Waals surface area contributed by atoms with E-state index in [-0.39, 0.29) is 0 Å². The van der Waals surface area contributed by atoms with Crippen LogP contribution in [0.1, 0.15) is 11.4 Å². The Morgan fingerprint density at radius 1 is 0.962 bits per heavy atom. The second-order valence-electron chi connectivity index (χ2n) is 5.77. The number of aromatic nitrogens is 4. The highest BCUT2D eigenvalue weighted by Gasteiger charge is 2.16. The molecule has 0 aliphatic carbocycles. The van der Waals surface area contributed by atoms with Gasteiger partial charge in [-0.15, -0.1) is 10.2 Å². The molecule has 7 heteroatoms. The van der Waals surface area contributed by atoms with Crippen molar-refractivity contribution >= 4 is 16.3 Å². The molecule has 132 valence electrons. The summed E-state index contributed by atoms with van der Waals surface area (Å²) in [6.07, 6.45) is 1.69. The summed E-state index contributed by atoms with van der Waals surface area (Å²) >= 11 is 1.49. The molecule has 0 aliphatic rings. The number of methoxy groups -OCH3 is 2. The largest absolute Gasteiger partial charge is 0.497 e. The fourth-order valence-corrected chi connectivity index (χ4v) is 3.69. The van der Waals surface area contributed by atoms with Crippen molar-refractivity contribution in [3.63, 3.8) is 0 Å². The molecular weight excluding hydrogens is 348 g/mol. The van der Waals surface area contributed by atoms with Gasteiger partial charge in [0.25, 0.3) is 0 Å². The monoisotopic (exact) mass is 366 g/mol. The summed E-state index contributed by atoms with van der Waals surface area (Å²) in [4.78, 5) is 0.779. The van der Waals surface area contributed by atoms with Crippen LogP contribution in [0.2, 0.25) is 0 Å². The van der Waals surface area contributed by atoms with Crippen LogP contribution in [0.5, 0.6) is 11.5 Å². The van der Waals surface area contributed by atoms with Crippen molar-refractivity contribution in [1.29, 1.82) is 0 Å². The number of ether oxygens (including phenoxy) is 2. The number of hydrogen-bond acceptors (Lipinski definition) is 6. The van der Waals surface area contributed by atoms with E-state index in [1.165, 1.54) is 16.9 Å². The summed E-state index contributed by atoms with van der Waals surface area (Å²) in [6, 6.07) is 16.1. The normalized spacial score (nSPS) is 11.0. The van der Waals surface area contributed by atoms with E-state index in [0.717, 1.165) is 45.7 Å². The quantitative estimate of drug-likeness (QED) is 0.521. The Labute approximate surface area is 155 Å². The summed E-state index contributed by atoms with van der Waals surface area (Å²) in [5.74, 6) is 2.33.